The largest absolute Gasteiger partial charge is 0.269 e. The Morgan fingerprint density at radius 3 is 1.94 bits per heavy atom. The van der Waals surface area contributed by atoms with Crippen LogP contribution in [-0.4, -0.2) is 21.0 Å². The zero-order valence-electron chi connectivity index (χ0n) is 17.5. The molecule has 0 aliphatic carbocycles. The second-order valence-corrected chi connectivity index (χ2v) is 8.11. The van der Waals surface area contributed by atoms with Crippen molar-refractivity contribution >= 4 is 34.1 Å². The van der Waals surface area contributed by atoms with E-state index < -0.39 is 9.85 Å². The number of rotatable bonds is 7. The molecule has 0 spiro atoms. The molecular formula is C24H18N4O4S. The Morgan fingerprint density at radius 2 is 1.39 bits per heavy atom. The fourth-order valence-corrected chi connectivity index (χ4v) is 4.14. The van der Waals surface area contributed by atoms with Crippen molar-refractivity contribution in [3.8, 4) is 21.7 Å². The maximum Gasteiger partial charge on any atom is 0.269 e. The molecule has 0 aliphatic heterocycles. The summed E-state index contributed by atoms with van der Waals surface area (Å²) >= 11 is 1.37. The minimum absolute atomic E-state index is 0.0136. The third-order valence-electron chi connectivity index (χ3n) is 5.02. The predicted molar refractivity (Wildman–Crippen MR) is 129 cm³/mol. The number of non-ortho nitro benzene ring substituents is 2. The highest BCUT2D eigenvalue weighted by Gasteiger charge is 2.16. The SMILES string of the molecule is CCc1ccc(-c2nc(N=Cc3ccc([N+](=O)[O-])cc3)sc2-c2ccc([N+](=O)[O-])cc2)cc1. The van der Waals surface area contributed by atoms with Gasteiger partial charge in [-0.25, -0.2) is 9.98 Å². The number of aryl methyl sites for hydroxylation is 1. The van der Waals surface area contributed by atoms with E-state index in [1.54, 1.807) is 30.5 Å². The van der Waals surface area contributed by atoms with Crippen molar-refractivity contribution in [2.45, 2.75) is 13.3 Å². The lowest BCUT2D eigenvalue weighted by Gasteiger charge is -2.04. The van der Waals surface area contributed by atoms with Gasteiger partial charge < -0.3 is 0 Å². The summed E-state index contributed by atoms with van der Waals surface area (Å²) < 4.78 is 0. The van der Waals surface area contributed by atoms with Gasteiger partial charge in [-0.1, -0.05) is 42.5 Å². The van der Waals surface area contributed by atoms with Crippen LogP contribution in [-0.2, 0) is 6.42 Å². The Hall–Kier alpha value is -4.24. The van der Waals surface area contributed by atoms with Gasteiger partial charge in [0.1, 0.15) is 0 Å². The molecule has 164 valence electrons. The zero-order valence-corrected chi connectivity index (χ0v) is 18.4. The molecule has 4 aromatic rings. The number of aromatic nitrogens is 1. The fourth-order valence-electron chi connectivity index (χ4n) is 3.20. The molecule has 0 aliphatic rings. The van der Waals surface area contributed by atoms with E-state index >= 15 is 0 Å². The number of nitrogens with zero attached hydrogens (tertiary/aromatic N) is 4. The van der Waals surface area contributed by atoms with Crippen LogP contribution < -0.4 is 0 Å². The van der Waals surface area contributed by atoms with E-state index in [1.165, 1.54) is 41.2 Å². The highest BCUT2D eigenvalue weighted by atomic mass is 32.1. The maximum atomic E-state index is 11.0. The molecule has 4 rings (SSSR count). The molecule has 0 saturated carbocycles. The molecule has 0 amide bonds. The number of nitro benzene ring substituents is 2. The summed E-state index contributed by atoms with van der Waals surface area (Å²) in [7, 11) is 0. The molecule has 0 fully saturated rings. The maximum absolute atomic E-state index is 11.0. The van der Waals surface area contributed by atoms with E-state index in [1.807, 2.05) is 24.3 Å². The van der Waals surface area contributed by atoms with E-state index in [9.17, 15) is 20.2 Å². The first kappa shape index (κ1) is 22.0. The highest BCUT2D eigenvalue weighted by molar-refractivity contribution is 7.19. The summed E-state index contributed by atoms with van der Waals surface area (Å²) in [6, 6.07) is 20.6. The first-order valence-electron chi connectivity index (χ1n) is 10.1. The molecular weight excluding hydrogens is 440 g/mol. The normalized spacial score (nSPS) is 11.1. The van der Waals surface area contributed by atoms with Gasteiger partial charge in [0.15, 0.2) is 0 Å². The Bertz CT molecular complexity index is 1330. The van der Waals surface area contributed by atoms with Gasteiger partial charge in [-0.3, -0.25) is 20.2 Å². The lowest BCUT2D eigenvalue weighted by Crippen LogP contribution is -1.88. The Morgan fingerprint density at radius 1 is 0.848 bits per heavy atom. The fraction of sp³-hybridized carbons (Fsp3) is 0.0833. The van der Waals surface area contributed by atoms with E-state index in [0.29, 0.717) is 10.7 Å². The number of hydrogen-bond donors (Lipinski definition) is 0. The third-order valence-corrected chi connectivity index (χ3v) is 6.03. The molecule has 0 radical (unpaired) electrons. The van der Waals surface area contributed by atoms with Crippen molar-refractivity contribution in [2.24, 2.45) is 4.99 Å². The molecule has 1 aromatic heterocycles. The molecule has 0 atom stereocenters. The quantitative estimate of drug-likeness (QED) is 0.176. The van der Waals surface area contributed by atoms with Gasteiger partial charge in [-0.15, -0.1) is 0 Å². The highest BCUT2D eigenvalue weighted by Crippen LogP contribution is 2.40. The van der Waals surface area contributed by atoms with Gasteiger partial charge in [0.05, 0.1) is 20.4 Å². The smallest absolute Gasteiger partial charge is 0.258 e. The lowest BCUT2D eigenvalue weighted by molar-refractivity contribution is -0.385. The summed E-state index contributed by atoms with van der Waals surface area (Å²) in [5.41, 5.74) is 4.43. The number of benzene rings is 3. The molecule has 0 saturated heterocycles. The second kappa shape index (κ2) is 9.49. The predicted octanol–water partition coefficient (Wildman–Crippen LogP) is 6.61. The topological polar surface area (TPSA) is 112 Å². The van der Waals surface area contributed by atoms with Crippen molar-refractivity contribution < 1.29 is 9.85 Å². The molecule has 8 nitrogen and oxygen atoms in total. The van der Waals surface area contributed by atoms with Gasteiger partial charge >= 0.3 is 0 Å². The monoisotopic (exact) mass is 458 g/mol. The van der Waals surface area contributed by atoms with Crippen LogP contribution in [0.15, 0.2) is 77.8 Å². The van der Waals surface area contributed by atoms with Gasteiger partial charge in [0.25, 0.3) is 11.4 Å². The number of aliphatic imine (C=N–C) groups is 1. The molecule has 1 heterocycles. The molecule has 3 aromatic carbocycles. The lowest BCUT2D eigenvalue weighted by atomic mass is 10.0. The first-order valence-corrected chi connectivity index (χ1v) is 10.9. The Kier molecular flexibility index (Phi) is 6.32. The van der Waals surface area contributed by atoms with E-state index in [0.717, 1.165) is 28.1 Å². The summed E-state index contributed by atoms with van der Waals surface area (Å²) in [6.07, 6.45) is 2.53. The van der Waals surface area contributed by atoms with Crippen molar-refractivity contribution in [2.75, 3.05) is 0 Å². The zero-order chi connectivity index (χ0) is 23.4. The van der Waals surface area contributed by atoms with Crippen LogP contribution in [0.5, 0.6) is 0 Å². The van der Waals surface area contributed by atoms with Crippen molar-refractivity contribution in [1.82, 2.24) is 4.98 Å². The van der Waals surface area contributed by atoms with Gasteiger partial charge in [0, 0.05) is 36.0 Å². The molecule has 0 N–H and O–H groups in total. The minimum Gasteiger partial charge on any atom is -0.258 e. The van der Waals surface area contributed by atoms with Crippen LogP contribution in [0, 0.1) is 20.2 Å². The molecule has 0 bridgehead atoms. The van der Waals surface area contributed by atoms with Crippen LogP contribution in [0.2, 0.25) is 0 Å². The van der Waals surface area contributed by atoms with Gasteiger partial charge in [0.2, 0.25) is 5.13 Å². The van der Waals surface area contributed by atoms with Crippen molar-refractivity contribution in [1.29, 1.82) is 0 Å². The first-order chi connectivity index (χ1) is 15.9. The Balaban J connectivity index is 1.72. The molecule has 33 heavy (non-hydrogen) atoms. The van der Waals surface area contributed by atoms with Crippen LogP contribution >= 0.6 is 11.3 Å². The third kappa shape index (κ3) is 4.99. The van der Waals surface area contributed by atoms with Crippen molar-refractivity contribution in [3.63, 3.8) is 0 Å². The average molecular weight is 458 g/mol. The van der Waals surface area contributed by atoms with E-state index in [2.05, 4.69) is 11.9 Å². The van der Waals surface area contributed by atoms with Crippen LogP contribution in [0.1, 0.15) is 18.1 Å². The van der Waals surface area contributed by atoms with Crippen LogP contribution in [0.25, 0.3) is 21.7 Å². The average Bonchev–Trinajstić information content (AvgIpc) is 3.27. The van der Waals surface area contributed by atoms with Crippen molar-refractivity contribution in [3.05, 3.63) is 104 Å². The van der Waals surface area contributed by atoms with Gasteiger partial charge in [-0.05, 0) is 47.4 Å². The number of thiazole rings is 1. The van der Waals surface area contributed by atoms with E-state index in [-0.39, 0.29) is 11.4 Å². The summed E-state index contributed by atoms with van der Waals surface area (Å²) in [4.78, 5) is 31.0. The Labute approximate surface area is 193 Å². The van der Waals surface area contributed by atoms with E-state index in [4.69, 9.17) is 4.98 Å². The summed E-state index contributed by atoms with van der Waals surface area (Å²) in [5, 5.41) is 22.4. The van der Waals surface area contributed by atoms with Crippen LogP contribution in [0.4, 0.5) is 16.5 Å². The number of nitro groups is 2. The minimum atomic E-state index is -0.450. The van der Waals surface area contributed by atoms with Crippen LogP contribution in [0.3, 0.4) is 0 Å². The summed E-state index contributed by atoms with van der Waals surface area (Å²) in [6.45, 7) is 2.09. The van der Waals surface area contributed by atoms with Gasteiger partial charge in [-0.2, -0.15) is 0 Å². The second-order valence-electron chi connectivity index (χ2n) is 7.14. The summed E-state index contributed by atoms with van der Waals surface area (Å²) in [5.74, 6) is 0. The molecule has 9 heteroatoms. The number of hydrogen-bond acceptors (Lipinski definition) is 7. The standard InChI is InChI=1S/C24H18N4O4S/c1-2-16-3-7-18(8-4-16)22-23(19-9-13-21(14-10-19)28(31)32)33-24(26-22)25-15-17-5-11-20(12-6-17)27(29)30/h3-15H,2H2,1H3. The molecule has 0 unspecified atom stereocenters.